The van der Waals surface area contributed by atoms with E-state index in [0.717, 1.165) is 12.8 Å². The first-order chi connectivity index (χ1) is 3.33. The van der Waals surface area contributed by atoms with Gasteiger partial charge in [-0.2, -0.15) is 5.26 Å². The summed E-state index contributed by atoms with van der Waals surface area (Å²) in [6.07, 6.45) is 1.83. The Kier molecular flexibility index (Phi) is 0.994. The number of hydrogen-bond acceptors (Lipinski definition) is 2. The average Bonchev–Trinajstić information content (AvgIpc) is 1.58. The average molecular weight is 96.1 g/mol. The van der Waals surface area contributed by atoms with E-state index in [1.165, 1.54) is 0 Å². The molecule has 0 saturated heterocycles. The van der Waals surface area contributed by atoms with E-state index >= 15 is 0 Å². The number of nitrogens with two attached hydrogens (primary N) is 1. The van der Waals surface area contributed by atoms with Gasteiger partial charge in [0.2, 0.25) is 0 Å². The van der Waals surface area contributed by atoms with Crippen molar-refractivity contribution in [3.63, 3.8) is 0 Å². The second-order valence-corrected chi connectivity index (χ2v) is 2.06. The lowest BCUT2D eigenvalue weighted by molar-refractivity contribution is 0.332. The maximum Gasteiger partial charge on any atom is 0.0657 e. The Labute approximate surface area is 42.9 Å². The van der Waals surface area contributed by atoms with Crippen LogP contribution in [0.3, 0.4) is 0 Å². The molecule has 0 heterocycles. The minimum Gasteiger partial charge on any atom is -0.328 e. The standard InChI is InChI=1S/C5H8N2/c6-3-4-1-5(7)2-4/h4-5H,1-2,7H2/t4-,5-. The molecule has 1 aliphatic carbocycles. The summed E-state index contributed by atoms with van der Waals surface area (Å²) in [5, 5.41) is 8.20. The van der Waals surface area contributed by atoms with E-state index in [1.54, 1.807) is 0 Å². The molecule has 0 amide bonds. The highest BCUT2D eigenvalue weighted by atomic mass is 14.7. The van der Waals surface area contributed by atoms with Gasteiger partial charge in [0.25, 0.3) is 0 Å². The normalized spacial score (nSPS) is 38.9. The van der Waals surface area contributed by atoms with Gasteiger partial charge in [0.15, 0.2) is 0 Å². The number of rotatable bonds is 0. The largest absolute Gasteiger partial charge is 0.328 e. The number of hydrogen-bond donors (Lipinski definition) is 1. The molecular weight excluding hydrogens is 88.1 g/mol. The highest BCUT2D eigenvalue weighted by molar-refractivity contribution is 4.95. The van der Waals surface area contributed by atoms with E-state index in [-0.39, 0.29) is 5.92 Å². The van der Waals surface area contributed by atoms with Crippen LogP contribution in [0.25, 0.3) is 0 Å². The molecule has 7 heavy (non-hydrogen) atoms. The van der Waals surface area contributed by atoms with Gasteiger partial charge in [-0.25, -0.2) is 0 Å². The Morgan fingerprint density at radius 3 is 2.29 bits per heavy atom. The summed E-state index contributed by atoms with van der Waals surface area (Å²) in [7, 11) is 0. The fourth-order valence-corrected chi connectivity index (χ4v) is 0.767. The van der Waals surface area contributed by atoms with E-state index < -0.39 is 0 Å². The van der Waals surface area contributed by atoms with Crippen LogP contribution in [0.4, 0.5) is 0 Å². The fraction of sp³-hybridized carbons (Fsp3) is 0.800. The van der Waals surface area contributed by atoms with Crippen molar-refractivity contribution in [3.05, 3.63) is 0 Å². The van der Waals surface area contributed by atoms with Gasteiger partial charge < -0.3 is 5.73 Å². The van der Waals surface area contributed by atoms with E-state index in [4.69, 9.17) is 11.0 Å². The first kappa shape index (κ1) is 4.61. The maximum atomic E-state index is 8.20. The lowest BCUT2D eigenvalue weighted by Crippen LogP contribution is -2.35. The third kappa shape index (κ3) is 0.726. The first-order valence-electron chi connectivity index (χ1n) is 2.48. The van der Waals surface area contributed by atoms with Gasteiger partial charge >= 0.3 is 0 Å². The van der Waals surface area contributed by atoms with Crippen LogP contribution in [0.2, 0.25) is 0 Å². The fourth-order valence-electron chi connectivity index (χ4n) is 0.767. The van der Waals surface area contributed by atoms with Crippen LogP contribution >= 0.6 is 0 Å². The van der Waals surface area contributed by atoms with Crippen molar-refractivity contribution in [1.82, 2.24) is 0 Å². The van der Waals surface area contributed by atoms with Crippen LogP contribution in [-0.4, -0.2) is 6.04 Å². The highest BCUT2D eigenvalue weighted by Crippen LogP contribution is 2.23. The molecule has 0 spiro atoms. The molecule has 0 atom stereocenters. The second kappa shape index (κ2) is 1.51. The molecule has 0 aliphatic heterocycles. The Morgan fingerprint density at radius 1 is 1.57 bits per heavy atom. The van der Waals surface area contributed by atoms with Gasteiger partial charge in [-0.05, 0) is 12.8 Å². The summed E-state index contributed by atoms with van der Waals surface area (Å²) in [6, 6.07) is 2.48. The molecule has 0 aromatic rings. The highest BCUT2D eigenvalue weighted by Gasteiger charge is 2.24. The topological polar surface area (TPSA) is 49.8 Å². The smallest absolute Gasteiger partial charge is 0.0657 e. The third-order valence-electron chi connectivity index (χ3n) is 1.36. The molecule has 1 aliphatic rings. The van der Waals surface area contributed by atoms with Gasteiger partial charge in [-0.3, -0.25) is 0 Å². The molecule has 1 rings (SSSR count). The van der Waals surface area contributed by atoms with Gasteiger partial charge in [0.1, 0.15) is 0 Å². The van der Waals surface area contributed by atoms with Crippen molar-refractivity contribution in [1.29, 1.82) is 5.26 Å². The van der Waals surface area contributed by atoms with Gasteiger partial charge in [-0.15, -0.1) is 0 Å². The zero-order chi connectivity index (χ0) is 5.28. The molecule has 2 nitrogen and oxygen atoms in total. The monoisotopic (exact) mass is 96.1 g/mol. The Bertz CT molecular complexity index is 97.1. The van der Waals surface area contributed by atoms with Crippen molar-refractivity contribution in [2.24, 2.45) is 11.7 Å². The molecule has 1 saturated carbocycles. The molecule has 0 aromatic carbocycles. The lowest BCUT2D eigenvalue weighted by Gasteiger charge is -2.25. The van der Waals surface area contributed by atoms with Crippen LogP contribution in [0, 0.1) is 17.2 Å². The summed E-state index contributed by atoms with van der Waals surface area (Å²) in [5.74, 6) is 0.273. The summed E-state index contributed by atoms with van der Waals surface area (Å²) in [6.45, 7) is 0. The van der Waals surface area contributed by atoms with E-state index in [0.29, 0.717) is 6.04 Å². The summed E-state index contributed by atoms with van der Waals surface area (Å²) in [4.78, 5) is 0. The Balaban J connectivity index is 2.21. The molecule has 1 fully saturated rings. The molecule has 0 aromatic heterocycles. The second-order valence-electron chi connectivity index (χ2n) is 2.06. The summed E-state index contributed by atoms with van der Waals surface area (Å²) in [5.41, 5.74) is 5.39. The van der Waals surface area contributed by atoms with Crippen LogP contribution in [-0.2, 0) is 0 Å². The Morgan fingerprint density at radius 2 is 2.14 bits per heavy atom. The van der Waals surface area contributed by atoms with E-state index in [9.17, 15) is 0 Å². The quantitative estimate of drug-likeness (QED) is 0.470. The molecular formula is C5H8N2. The minimum absolute atomic E-state index is 0.273. The molecule has 2 N–H and O–H groups in total. The molecule has 0 unspecified atom stereocenters. The summed E-state index contributed by atoms with van der Waals surface area (Å²) >= 11 is 0. The van der Waals surface area contributed by atoms with Gasteiger partial charge in [0.05, 0.1) is 6.07 Å². The molecule has 0 radical (unpaired) electrons. The van der Waals surface area contributed by atoms with Crippen LogP contribution in [0.15, 0.2) is 0 Å². The predicted octanol–water partition coefficient (Wildman–Crippen LogP) is 0.247. The molecule has 38 valence electrons. The summed E-state index contributed by atoms with van der Waals surface area (Å²) < 4.78 is 0. The van der Waals surface area contributed by atoms with E-state index in [1.807, 2.05) is 0 Å². The van der Waals surface area contributed by atoms with Crippen molar-refractivity contribution < 1.29 is 0 Å². The predicted molar refractivity (Wildman–Crippen MR) is 26.3 cm³/mol. The van der Waals surface area contributed by atoms with Crippen molar-refractivity contribution >= 4 is 0 Å². The number of nitriles is 1. The Hall–Kier alpha value is -0.550. The zero-order valence-corrected chi connectivity index (χ0v) is 4.09. The van der Waals surface area contributed by atoms with Crippen molar-refractivity contribution in [2.45, 2.75) is 18.9 Å². The molecule has 2 heteroatoms. The van der Waals surface area contributed by atoms with Crippen molar-refractivity contribution in [2.75, 3.05) is 0 Å². The number of nitrogens with zero attached hydrogens (tertiary/aromatic N) is 1. The van der Waals surface area contributed by atoms with Gasteiger partial charge in [0, 0.05) is 12.0 Å². The minimum atomic E-state index is 0.273. The molecule has 0 bridgehead atoms. The zero-order valence-electron chi connectivity index (χ0n) is 4.09. The SMILES string of the molecule is N#C[C@H]1C[C@H](N)C1. The third-order valence-corrected chi connectivity index (χ3v) is 1.36. The van der Waals surface area contributed by atoms with Gasteiger partial charge in [-0.1, -0.05) is 0 Å². The van der Waals surface area contributed by atoms with Crippen molar-refractivity contribution in [3.8, 4) is 6.07 Å². The first-order valence-corrected chi connectivity index (χ1v) is 2.48. The maximum absolute atomic E-state index is 8.20. The van der Waals surface area contributed by atoms with Crippen LogP contribution in [0.1, 0.15) is 12.8 Å². The van der Waals surface area contributed by atoms with Crippen LogP contribution < -0.4 is 5.73 Å². The van der Waals surface area contributed by atoms with E-state index in [2.05, 4.69) is 6.07 Å². The van der Waals surface area contributed by atoms with Crippen LogP contribution in [0.5, 0.6) is 0 Å². The lowest BCUT2D eigenvalue weighted by atomic mass is 9.82.